The highest BCUT2D eigenvalue weighted by atomic mass is 16.5. The Morgan fingerprint density at radius 3 is 2.79 bits per heavy atom. The van der Waals surface area contributed by atoms with Crippen molar-refractivity contribution in [2.45, 2.75) is 32.4 Å². The first-order valence-corrected chi connectivity index (χ1v) is 4.85. The van der Waals surface area contributed by atoms with Gasteiger partial charge in [0.15, 0.2) is 5.82 Å². The zero-order chi connectivity index (χ0) is 10.2. The van der Waals surface area contributed by atoms with Crippen molar-refractivity contribution in [3.8, 4) is 0 Å². The fraction of sp³-hybridized carbons (Fsp3) is 0.778. The summed E-state index contributed by atoms with van der Waals surface area (Å²) in [7, 11) is 0. The van der Waals surface area contributed by atoms with Crippen molar-refractivity contribution < 1.29 is 9.63 Å². The Labute approximate surface area is 82.7 Å². The third-order valence-corrected chi connectivity index (χ3v) is 2.63. The number of aliphatic hydroxyl groups is 1. The molecule has 5 nitrogen and oxygen atoms in total. The van der Waals surface area contributed by atoms with Gasteiger partial charge in [-0.25, -0.2) is 0 Å². The van der Waals surface area contributed by atoms with Gasteiger partial charge in [0, 0.05) is 20.0 Å². The van der Waals surface area contributed by atoms with Crippen LogP contribution in [0.25, 0.3) is 0 Å². The molecule has 78 valence electrons. The number of likely N-dealkylation sites (tertiary alicyclic amines) is 1. The first-order valence-electron chi connectivity index (χ1n) is 4.85. The van der Waals surface area contributed by atoms with Crippen molar-refractivity contribution in [2.24, 2.45) is 0 Å². The summed E-state index contributed by atoms with van der Waals surface area (Å²) in [5.41, 5.74) is -0.487. The molecule has 1 aromatic heterocycles. The second-order valence-electron chi connectivity index (χ2n) is 3.95. The third-order valence-electron chi connectivity index (χ3n) is 2.63. The van der Waals surface area contributed by atoms with Crippen LogP contribution in [0.15, 0.2) is 4.52 Å². The van der Waals surface area contributed by atoms with Crippen LogP contribution in [0, 0.1) is 6.92 Å². The highest BCUT2D eigenvalue weighted by Gasteiger charge is 2.39. The van der Waals surface area contributed by atoms with Gasteiger partial charge in [0.2, 0.25) is 5.89 Å². The van der Waals surface area contributed by atoms with E-state index in [-0.39, 0.29) is 0 Å². The number of aryl methyl sites for hydroxylation is 1. The summed E-state index contributed by atoms with van der Waals surface area (Å²) in [5, 5.41) is 13.6. The summed E-state index contributed by atoms with van der Waals surface area (Å²) < 4.78 is 4.86. The molecule has 0 saturated carbocycles. The van der Waals surface area contributed by atoms with E-state index in [4.69, 9.17) is 4.52 Å². The summed E-state index contributed by atoms with van der Waals surface area (Å²) in [6.07, 6.45) is 0.800. The number of β-amino-alcohol motifs (C(OH)–C–C–N with tert-alkyl or cyclic N) is 1. The molecular weight excluding hydrogens is 182 g/mol. The Balaban J connectivity index is 1.85. The van der Waals surface area contributed by atoms with Crippen LogP contribution >= 0.6 is 0 Å². The molecule has 5 heteroatoms. The van der Waals surface area contributed by atoms with Gasteiger partial charge in [-0.3, -0.25) is 4.90 Å². The van der Waals surface area contributed by atoms with Crippen molar-refractivity contribution >= 4 is 0 Å². The molecule has 0 atom stereocenters. The lowest BCUT2D eigenvalue weighted by atomic mass is 9.91. The maximum absolute atomic E-state index is 9.77. The molecule has 0 spiro atoms. The van der Waals surface area contributed by atoms with Crippen LogP contribution in [0.2, 0.25) is 0 Å². The van der Waals surface area contributed by atoms with E-state index in [0.29, 0.717) is 31.3 Å². The minimum Gasteiger partial charge on any atom is -0.387 e. The topological polar surface area (TPSA) is 62.4 Å². The predicted molar refractivity (Wildman–Crippen MR) is 49.6 cm³/mol. The first-order chi connectivity index (χ1) is 6.61. The minimum atomic E-state index is -0.487. The Hall–Kier alpha value is -0.940. The van der Waals surface area contributed by atoms with Gasteiger partial charge in [0.05, 0.1) is 12.1 Å². The van der Waals surface area contributed by atoms with Crippen LogP contribution in [0.5, 0.6) is 0 Å². The smallest absolute Gasteiger partial charge is 0.223 e. The van der Waals surface area contributed by atoms with Crippen LogP contribution in [0.3, 0.4) is 0 Å². The molecule has 1 aliphatic heterocycles. The van der Waals surface area contributed by atoms with Gasteiger partial charge in [-0.2, -0.15) is 4.98 Å². The molecule has 0 bridgehead atoms. The fourth-order valence-electron chi connectivity index (χ4n) is 1.73. The Kier molecular flexibility index (Phi) is 2.28. The normalized spacial score (nSPS) is 20.8. The molecule has 1 aliphatic rings. The molecular formula is C9H15N3O2. The molecule has 2 rings (SSSR count). The van der Waals surface area contributed by atoms with Gasteiger partial charge in [0.1, 0.15) is 0 Å². The van der Waals surface area contributed by atoms with Crippen LogP contribution in [-0.4, -0.2) is 38.8 Å². The molecule has 1 saturated heterocycles. The van der Waals surface area contributed by atoms with E-state index >= 15 is 0 Å². The van der Waals surface area contributed by atoms with Crippen molar-refractivity contribution in [1.82, 2.24) is 15.0 Å². The van der Waals surface area contributed by atoms with Crippen LogP contribution in [0.1, 0.15) is 25.1 Å². The van der Waals surface area contributed by atoms with E-state index in [2.05, 4.69) is 15.0 Å². The molecule has 2 heterocycles. The summed E-state index contributed by atoms with van der Waals surface area (Å²) in [6, 6.07) is 0. The van der Waals surface area contributed by atoms with E-state index in [1.165, 1.54) is 0 Å². The Morgan fingerprint density at radius 2 is 2.29 bits per heavy atom. The standard InChI is InChI=1S/C9H15N3O2/c1-3-9(13)5-12(6-9)4-8-10-7(2)14-11-8/h13H,3-6H2,1-2H3. The molecule has 0 unspecified atom stereocenters. The second kappa shape index (κ2) is 3.33. The molecule has 14 heavy (non-hydrogen) atoms. The average molecular weight is 197 g/mol. The molecule has 1 N–H and O–H groups in total. The molecule has 0 radical (unpaired) electrons. The van der Waals surface area contributed by atoms with Crippen molar-refractivity contribution in [2.75, 3.05) is 13.1 Å². The zero-order valence-electron chi connectivity index (χ0n) is 8.53. The van der Waals surface area contributed by atoms with Crippen LogP contribution in [0.4, 0.5) is 0 Å². The molecule has 0 aromatic carbocycles. The maximum atomic E-state index is 9.77. The molecule has 0 aliphatic carbocycles. The Bertz CT molecular complexity index is 318. The minimum absolute atomic E-state index is 0.487. The Morgan fingerprint density at radius 1 is 1.57 bits per heavy atom. The quantitative estimate of drug-likeness (QED) is 0.756. The van der Waals surface area contributed by atoms with Crippen LogP contribution < -0.4 is 0 Å². The van der Waals surface area contributed by atoms with Gasteiger partial charge in [0.25, 0.3) is 0 Å². The third kappa shape index (κ3) is 1.78. The van der Waals surface area contributed by atoms with E-state index in [9.17, 15) is 5.11 Å². The van der Waals surface area contributed by atoms with Crippen molar-refractivity contribution in [1.29, 1.82) is 0 Å². The average Bonchev–Trinajstić information content (AvgIpc) is 2.48. The van der Waals surface area contributed by atoms with E-state index in [1.807, 2.05) is 6.92 Å². The van der Waals surface area contributed by atoms with E-state index < -0.39 is 5.60 Å². The van der Waals surface area contributed by atoms with Gasteiger partial charge in [-0.1, -0.05) is 12.1 Å². The highest BCUT2D eigenvalue weighted by molar-refractivity contribution is 4.96. The lowest BCUT2D eigenvalue weighted by Gasteiger charge is -2.45. The van der Waals surface area contributed by atoms with Gasteiger partial charge in [-0.05, 0) is 6.42 Å². The zero-order valence-corrected chi connectivity index (χ0v) is 8.53. The summed E-state index contributed by atoms with van der Waals surface area (Å²) in [6.45, 7) is 5.85. The SMILES string of the molecule is CCC1(O)CN(Cc2noc(C)n2)C1. The van der Waals surface area contributed by atoms with Crippen molar-refractivity contribution in [3.63, 3.8) is 0 Å². The van der Waals surface area contributed by atoms with E-state index in [0.717, 1.165) is 6.42 Å². The molecule has 0 amide bonds. The fourth-order valence-corrected chi connectivity index (χ4v) is 1.73. The van der Waals surface area contributed by atoms with Crippen molar-refractivity contribution in [3.05, 3.63) is 11.7 Å². The number of hydrogen-bond donors (Lipinski definition) is 1. The summed E-state index contributed by atoms with van der Waals surface area (Å²) >= 11 is 0. The lowest BCUT2D eigenvalue weighted by Crippen LogP contribution is -2.60. The van der Waals surface area contributed by atoms with Crippen LogP contribution in [-0.2, 0) is 6.54 Å². The largest absolute Gasteiger partial charge is 0.387 e. The number of hydrogen-bond acceptors (Lipinski definition) is 5. The number of nitrogens with zero attached hydrogens (tertiary/aromatic N) is 3. The van der Waals surface area contributed by atoms with Gasteiger partial charge >= 0.3 is 0 Å². The monoisotopic (exact) mass is 197 g/mol. The maximum Gasteiger partial charge on any atom is 0.223 e. The highest BCUT2D eigenvalue weighted by Crippen LogP contribution is 2.24. The lowest BCUT2D eigenvalue weighted by molar-refractivity contribution is -0.104. The number of rotatable bonds is 3. The molecule has 1 fully saturated rings. The van der Waals surface area contributed by atoms with Gasteiger partial charge < -0.3 is 9.63 Å². The summed E-state index contributed by atoms with van der Waals surface area (Å²) in [5.74, 6) is 1.28. The summed E-state index contributed by atoms with van der Waals surface area (Å²) in [4.78, 5) is 6.21. The second-order valence-corrected chi connectivity index (χ2v) is 3.95. The van der Waals surface area contributed by atoms with Gasteiger partial charge in [-0.15, -0.1) is 0 Å². The first kappa shape index (κ1) is 9.61. The number of aromatic nitrogens is 2. The van der Waals surface area contributed by atoms with E-state index in [1.54, 1.807) is 6.92 Å². The molecule has 1 aromatic rings. The predicted octanol–water partition coefficient (Wildman–Crippen LogP) is 0.335.